The third kappa shape index (κ3) is 5.82. The van der Waals surface area contributed by atoms with Gasteiger partial charge in [0.05, 0.1) is 6.04 Å². The van der Waals surface area contributed by atoms with E-state index in [9.17, 15) is 4.79 Å². The predicted octanol–water partition coefficient (Wildman–Crippen LogP) is 1.98. The van der Waals surface area contributed by atoms with Crippen LogP contribution in [0.5, 0.6) is 0 Å². The molecule has 0 aromatic heterocycles. The molecule has 1 aromatic carbocycles. The number of hydrogen-bond donors (Lipinski definition) is 2. The average Bonchev–Trinajstić information content (AvgIpc) is 2.37. The lowest BCUT2D eigenvalue weighted by Gasteiger charge is -2.15. The number of amides is 1. The van der Waals surface area contributed by atoms with Crippen molar-refractivity contribution in [1.29, 1.82) is 0 Å². The van der Waals surface area contributed by atoms with Crippen LogP contribution in [0.15, 0.2) is 30.3 Å². The summed E-state index contributed by atoms with van der Waals surface area (Å²) in [6.07, 6.45) is 0.947. The summed E-state index contributed by atoms with van der Waals surface area (Å²) in [6.45, 7) is 7.64. The molecule has 1 atom stereocenters. The van der Waals surface area contributed by atoms with E-state index in [4.69, 9.17) is 0 Å². The smallest absolute Gasteiger partial charge is 0.236 e. The summed E-state index contributed by atoms with van der Waals surface area (Å²) in [5, 5.41) is 6.17. The molecule has 0 bridgehead atoms. The molecule has 1 aromatic rings. The lowest BCUT2D eigenvalue weighted by Crippen LogP contribution is -2.43. The van der Waals surface area contributed by atoms with Gasteiger partial charge in [0.2, 0.25) is 5.91 Å². The van der Waals surface area contributed by atoms with Crippen molar-refractivity contribution in [3.63, 3.8) is 0 Å². The highest BCUT2D eigenvalue weighted by Crippen LogP contribution is 1.98. The minimum absolute atomic E-state index is 0.0803. The highest BCUT2D eigenvalue weighted by Gasteiger charge is 2.11. The zero-order valence-corrected chi connectivity index (χ0v) is 11.6. The number of carbonyl (C=O) groups is 1. The Morgan fingerprint density at radius 3 is 2.44 bits per heavy atom. The van der Waals surface area contributed by atoms with Gasteiger partial charge in [0.1, 0.15) is 0 Å². The van der Waals surface area contributed by atoms with Crippen LogP contribution >= 0.6 is 0 Å². The van der Waals surface area contributed by atoms with Crippen LogP contribution in [0.3, 0.4) is 0 Å². The molecule has 1 rings (SSSR count). The first kappa shape index (κ1) is 14.7. The van der Waals surface area contributed by atoms with E-state index in [0.717, 1.165) is 19.5 Å². The van der Waals surface area contributed by atoms with E-state index >= 15 is 0 Å². The van der Waals surface area contributed by atoms with Crippen LogP contribution in [0, 0.1) is 5.92 Å². The molecular formula is C15H24N2O. The van der Waals surface area contributed by atoms with Crippen molar-refractivity contribution in [2.24, 2.45) is 5.92 Å². The highest BCUT2D eigenvalue weighted by molar-refractivity contribution is 5.81. The minimum Gasteiger partial charge on any atom is -0.354 e. The largest absolute Gasteiger partial charge is 0.354 e. The second kappa shape index (κ2) is 7.88. The van der Waals surface area contributed by atoms with Gasteiger partial charge < -0.3 is 10.6 Å². The third-order valence-electron chi connectivity index (χ3n) is 2.78. The molecule has 0 saturated carbocycles. The number of carbonyl (C=O) groups excluding carboxylic acids is 1. The molecule has 0 heterocycles. The van der Waals surface area contributed by atoms with Gasteiger partial charge in [-0.2, -0.15) is 0 Å². The summed E-state index contributed by atoms with van der Waals surface area (Å²) in [6, 6.07) is 10.2. The second-order valence-electron chi connectivity index (χ2n) is 5.05. The molecule has 1 amide bonds. The Balaban J connectivity index is 2.20. The van der Waals surface area contributed by atoms with Crippen molar-refractivity contribution in [3.8, 4) is 0 Å². The van der Waals surface area contributed by atoms with Gasteiger partial charge in [-0.3, -0.25) is 4.79 Å². The maximum absolute atomic E-state index is 11.7. The number of rotatable bonds is 7. The van der Waals surface area contributed by atoms with Crippen LogP contribution in [-0.4, -0.2) is 25.0 Å². The predicted molar refractivity (Wildman–Crippen MR) is 75.5 cm³/mol. The lowest BCUT2D eigenvalue weighted by molar-refractivity contribution is -0.122. The summed E-state index contributed by atoms with van der Waals surface area (Å²) in [4.78, 5) is 11.7. The SMILES string of the molecule is CC(C)CNC(=O)C(C)NCCc1ccccc1. The molecule has 0 aliphatic heterocycles. The van der Waals surface area contributed by atoms with Gasteiger partial charge in [-0.05, 0) is 31.4 Å². The van der Waals surface area contributed by atoms with E-state index in [1.807, 2.05) is 25.1 Å². The minimum atomic E-state index is -0.132. The molecule has 3 heteroatoms. The number of nitrogens with one attached hydrogen (secondary N) is 2. The molecule has 18 heavy (non-hydrogen) atoms. The van der Waals surface area contributed by atoms with Gasteiger partial charge in [-0.15, -0.1) is 0 Å². The molecule has 2 N–H and O–H groups in total. The van der Waals surface area contributed by atoms with E-state index in [2.05, 4.69) is 36.6 Å². The summed E-state index contributed by atoms with van der Waals surface area (Å²) >= 11 is 0. The summed E-state index contributed by atoms with van der Waals surface area (Å²) in [5.74, 6) is 0.572. The van der Waals surface area contributed by atoms with Gasteiger partial charge >= 0.3 is 0 Å². The van der Waals surface area contributed by atoms with E-state index in [0.29, 0.717) is 5.92 Å². The highest BCUT2D eigenvalue weighted by atomic mass is 16.2. The number of hydrogen-bond acceptors (Lipinski definition) is 2. The lowest BCUT2D eigenvalue weighted by atomic mass is 10.1. The Bertz CT molecular complexity index is 349. The molecular weight excluding hydrogens is 224 g/mol. The Kier molecular flexibility index (Phi) is 6.44. The molecule has 0 radical (unpaired) electrons. The van der Waals surface area contributed by atoms with E-state index < -0.39 is 0 Å². The van der Waals surface area contributed by atoms with Gasteiger partial charge in [0, 0.05) is 6.54 Å². The van der Waals surface area contributed by atoms with Crippen LogP contribution in [-0.2, 0) is 11.2 Å². The molecule has 1 unspecified atom stereocenters. The van der Waals surface area contributed by atoms with Crippen molar-refractivity contribution < 1.29 is 4.79 Å². The second-order valence-corrected chi connectivity index (χ2v) is 5.05. The molecule has 0 aliphatic carbocycles. The van der Waals surface area contributed by atoms with Crippen molar-refractivity contribution in [2.45, 2.75) is 33.2 Å². The summed E-state index contributed by atoms with van der Waals surface area (Å²) in [5.41, 5.74) is 1.29. The molecule has 0 aliphatic rings. The van der Waals surface area contributed by atoms with Crippen molar-refractivity contribution >= 4 is 5.91 Å². The third-order valence-corrected chi connectivity index (χ3v) is 2.78. The van der Waals surface area contributed by atoms with Crippen LogP contribution in [0.1, 0.15) is 26.3 Å². The van der Waals surface area contributed by atoms with Crippen molar-refractivity contribution in [2.75, 3.05) is 13.1 Å². The van der Waals surface area contributed by atoms with E-state index in [1.165, 1.54) is 5.56 Å². The zero-order chi connectivity index (χ0) is 13.4. The Labute approximate surface area is 110 Å². The topological polar surface area (TPSA) is 41.1 Å². The maximum Gasteiger partial charge on any atom is 0.236 e. The van der Waals surface area contributed by atoms with Crippen LogP contribution in [0.4, 0.5) is 0 Å². The Hall–Kier alpha value is -1.35. The Morgan fingerprint density at radius 2 is 1.83 bits per heavy atom. The van der Waals surface area contributed by atoms with Gasteiger partial charge in [-0.25, -0.2) is 0 Å². The molecule has 100 valence electrons. The molecule has 0 saturated heterocycles. The summed E-state index contributed by atoms with van der Waals surface area (Å²) < 4.78 is 0. The molecule has 0 spiro atoms. The van der Waals surface area contributed by atoms with Crippen molar-refractivity contribution in [3.05, 3.63) is 35.9 Å². The van der Waals surface area contributed by atoms with E-state index in [1.54, 1.807) is 0 Å². The van der Waals surface area contributed by atoms with E-state index in [-0.39, 0.29) is 11.9 Å². The maximum atomic E-state index is 11.7. The first-order valence-corrected chi connectivity index (χ1v) is 6.64. The van der Waals surface area contributed by atoms with Crippen LogP contribution in [0.2, 0.25) is 0 Å². The quantitative estimate of drug-likeness (QED) is 0.774. The molecule has 3 nitrogen and oxygen atoms in total. The van der Waals surface area contributed by atoms with Crippen molar-refractivity contribution in [1.82, 2.24) is 10.6 Å². The van der Waals surface area contributed by atoms with Crippen LogP contribution in [0.25, 0.3) is 0 Å². The average molecular weight is 248 g/mol. The standard InChI is InChI=1S/C15H24N2O/c1-12(2)11-17-15(18)13(3)16-10-9-14-7-5-4-6-8-14/h4-8,12-13,16H,9-11H2,1-3H3,(H,17,18). The Morgan fingerprint density at radius 1 is 1.17 bits per heavy atom. The normalized spacial score (nSPS) is 12.4. The number of benzene rings is 1. The van der Waals surface area contributed by atoms with Gasteiger partial charge in [0.25, 0.3) is 0 Å². The fourth-order valence-electron chi connectivity index (χ4n) is 1.63. The fourth-order valence-corrected chi connectivity index (χ4v) is 1.63. The van der Waals surface area contributed by atoms with Gasteiger partial charge in [0.15, 0.2) is 0 Å². The fraction of sp³-hybridized carbons (Fsp3) is 0.533. The molecule has 0 fully saturated rings. The summed E-state index contributed by atoms with van der Waals surface area (Å²) in [7, 11) is 0. The van der Waals surface area contributed by atoms with Crippen LogP contribution < -0.4 is 10.6 Å². The first-order valence-electron chi connectivity index (χ1n) is 6.64. The monoisotopic (exact) mass is 248 g/mol. The zero-order valence-electron chi connectivity index (χ0n) is 11.6. The first-order chi connectivity index (χ1) is 8.59. The van der Waals surface area contributed by atoms with Gasteiger partial charge in [-0.1, -0.05) is 44.2 Å².